The van der Waals surface area contributed by atoms with Gasteiger partial charge >= 0.3 is 0 Å². The topological polar surface area (TPSA) is 46.2 Å². The van der Waals surface area contributed by atoms with Crippen molar-refractivity contribution in [3.05, 3.63) is 29.8 Å². The molecule has 3 nitrogen and oxygen atoms in total. The Morgan fingerprint density at radius 3 is 2.37 bits per heavy atom. The second-order valence-electron chi connectivity index (χ2n) is 5.11. The minimum absolute atomic E-state index is 0.284. The molecular weight excluding hydrogens is 262 g/mol. The molecule has 1 fully saturated rings. The molecule has 0 radical (unpaired) electrons. The predicted octanol–water partition coefficient (Wildman–Crippen LogP) is 3.51. The quantitative estimate of drug-likeness (QED) is 0.640. The van der Waals surface area contributed by atoms with Gasteiger partial charge in [0.1, 0.15) is 5.41 Å². The highest BCUT2D eigenvalue weighted by atomic mass is 35.5. The summed E-state index contributed by atoms with van der Waals surface area (Å²) in [5.74, 6) is -0.284. The van der Waals surface area contributed by atoms with Gasteiger partial charge in [-0.25, -0.2) is 0 Å². The van der Waals surface area contributed by atoms with Gasteiger partial charge < -0.3 is 5.32 Å². The first-order valence-corrected chi connectivity index (χ1v) is 7.06. The molecule has 1 aliphatic rings. The first-order valence-electron chi connectivity index (χ1n) is 6.69. The molecule has 2 rings (SSSR count). The second-order valence-corrected chi connectivity index (χ2v) is 5.45. The lowest BCUT2D eigenvalue weighted by atomic mass is 10.1. The van der Waals surface area contributed by atoms with Crippen molar-refractivity contribution < 1.29 is 9.59 Å². The molecule has 0 bridgehead atoms. The van der Waals surface area contributed by atoms with Crippen molar-refractivity contribution >= 4 is 28.4 Å². The van der Waals surface area contributed by atoms with Crippen molar-refractivity contribution in [2.45, 2.75) is 39.0 Å². The first kappa shape index (κ1) is 14.1. The zero-order chi connectivity index (χ0) is 13.9. The van der Waals surface area contributed by atoms with Crippen molar-refractivity contribution in [1.29, 1.82) is 0 Å². The molecular formula is C15H18ClNO2. The minimum atomic E-state index is -0.970. The predicted molar refractivity (Wildman–Crippen MR) is 76.2 cm³/mol. The minimum Gasteiger partial charge on any atom is -0.325 e. The maximum atomic E-state index is 12.0. The number of aryl methyl sites for hydroxylation is 1. The van der Waals surface area contributed by atoms with Crippen LogP contribution in [0.15, 0.2) is 24.3 Å². The van der Waals surface area contributed by atoms with Crippen molar-refractivity contribution in [2.24, 2.45) is 5.41 Å². The highest BCUT2D eigenvalue weighted by Crippen LogP contribution is 2.48. The fraction of sp³-hybridized carbons (Fsp3) is 0.467. The maximum Gasteiger partial charge on any atom is 0.239 e. The van der Waals surface area contributed by atoms with Gasteiger partial charge in [-0.05, 0) is 55.0 Å². The third-order valence-corrected chi connectivity index (χ3v) is 3.95. The van der Waals surface area contributed by atoms with Crippen LogP contribution in [0.4, 0.5) is 5.69 Å². The van der Waals surface area contributed by atoms with Crippen LogP contribution in [0, 0.1) is 5.41 Å². The molecule has 1 aromatic carbocycles. The smallest absolute Gasteiger partial charge is 0.239 e. The van der Waals surface area contributed by atoms with Crippen LogP contribution in [-0.4, -0.2) is 11.1 Å². The van der Waals surface area contributed by atoms with E-state index in [4.69, 9.17) is 11.6 Å². The van der Waals surface area contributed by atoms with Gasteiger partial charge in [0.25, 0.3) is 0 Å². The Bertz CT molecular complexity index is 477. The number of hydrogen-bond donors (Lipinski definition) is 1. The van der Waals surface area contributed by atoms with Gasteiger partial charge in [0.15, 0.2) is 0 Å². The average molecular weight is 280 g/mol. The van der Waals surface area contributed by atoms with E-state index in [0.717, 1.165) is 18.5 Å². The van der Waals surface area contributed by atoms with E-state index in [1.165, 1.54) is 12.0 Å². The lowest BCUT2D eigenvalue weighted by Crippen LogP contribution is -2.28. The standard InChI is InChI=1S/C15H18ClNO2/c1-2-3-4-11-5-7-12(8-6-11)17-14(19)15(9-10-15)13(16)18/h5-8H,2-4,9-10H2,1H3,(H,17,19). The second kappa shape index (κ2) is 5.74. The molecule has 0 spiro atoms. The largest absolute Gasteiger partial charge is 0.325 e. The molecule has 1 aromatic rings. The molecule has 102 valence electrons. The van der Waals surface area contributed by atoms with Crippen LogP contribution in [-0.2, 0) is 16.0 Å². The Morgan fingerprint density at radius 2 is 1.89 bits per heavy atom. The van der Waals surface area contributed by atoms with Crippen molar-refractivity contribution in [1.82, 2.24) is 0 Å². The number of halogens is 1. The van der Waals surface area contributed by atoms with Crippen LogP contribution >= 0.6 is 11.6 Å². The van der Waals surface area contributed by atoms with Crippen LogP contribution in [0.1, 0.15) is 38.2 Å². The summed E-state index contributed by atoms with van der Waals surface area (Å²) in [6.45, 7) is 2.16. The number of hydrogen-bond acceptors (Lipinski definition) is 2. The molecule has 0 aromatic heterocycles. The number of carbonyl (C=O) groups is 2. The zero-order valence-electron chi connectivity index (χ0n) is 11.0. The van der Waals surface area contributed by atoms with Crippen molar-refractivity contribution in [2.75, 3.05) is 5.32 Å². The van der Waals surface area contributed by atoms with Gasteiger partial charge in [0.2, 0.25) is 11.1 Å². The summed E-state index contributed by atoms with van der Waals surface area (Å²) in [4.78, 5) is 23.2. The summed E-state index contributed by atoms with van der Waals surface area (Å²) in [7, 11) is 0. The van der Waals surface area contributed by atoms with Gasteiger partial charge in [0.05, 0.1) is 0 Å². The van der Waals surface area contributed by atoms with E-state index >= 15 is 0 Å². The van der Waals surface area contributed by atoms with E-state index < -0.39 is 10.7 Å². The molecule has 1 N–H and O–H groups in total. The van der Waals surface area contributed by atoms with E-state index in [2.05, 4.69) is 12.2 Å². The fourth-order valence-corrected chi connectivity index (χ4v) is 2.30. The highest BCUT2D eigenvalue weighted by Gasteiger charge is 2.55. The number of carbonyl (C=O) groups excluding carboxylic acids is 2. The maximum absolute atomic E-state index is 12.0. The highest BCUT2D eigenvalue weighted by molar-refractivity contribution is 6.67. The molecule has 0 heterocycles. The Morgan fingerprint density at radius 1 is 1.26 bits per heavy atom. The number of anilines is 1. The molecule has 0 saturated heterocycles. The van der Waals surface area contributed by atoms with Gasteiger partial charge in [-0.1, -0.05) is 25.5 Å². The fourth-order valence-electron chi connectivity index (χ4n) is 2.02. The van der Waals surface area contributed by atoms with Crippen LogP contribution < -0.4 is 5.32 Å². The number of amides is 1. The molecule has 1 amide bonds. The third-order valence-electron chi connectivity index (χ3n) is 3.59. The Labute approximate surface area is 118 Å². The van der Waals surface area contributed by atoms with E-state index in [-0.39, 0.29) is 5.91 Å². The summed E-state index contributed by atoms with van der Waals surface area (Å²) >= 11 is 5.48. The van der Waals surface area contributed by atoms with Crippen molar-refractivity contribution in [3.8, 4) is 0 Å². The SMILES string of the molecule is CCCCc1ccc(NC(=O)C2(C(=O)Cl)CC2)cc1. The van der Waals surface area contributed by atoms with E-state index in [0.29, 0.717) is 12.8 Å². The molecule has 0 atom stereocenters. The van der Waals surface area contributed by atoms with Gasteiger partial charge in [-0.3, -0.25) is 9.59 Å². The van der Waals surface area contributed by atoms with E-state index in [1.807, 2.05) is 24.3 Å². The lowest BCUT2D eigenvalue weighted by molar-refractivity contribution is -0.128. The third kappa shape index (κ3) is 3.16. The van der Waals surface area contributed by atoms with Crippen LogP contribution in [0.2, 0.25) is 0 Å². The van der Waals surface area contributed by atoms with Crippen molar-refractivity contribution in [3.63, 3.8) is 0 Å². The molecule has 0 unspecified atom stereocenters. The Kier molecular flexibility index (Phi) is 4.25. The van der Waals surface area contributed by atoms with E-state index in [9.17, 15) is 9.59 Å². The number of unbranched alkanes of at least 4 members (excludes halogenated alkanes) is 1. The first-order chi connectivity index (χ1) is 9.08. The summed E-state index contributed by atoms with van der Waals surface area (Å²) < 4.78 is 0. The van der Waals surface area contributed by atoms with Crippen LogP contribution in [0.25, 0.3) is 0 Å². The Hall–Kier alpha value is -1.35. The lowest BCUT2D eigenvalue weighted by Gasteiger charge is -2.11. The Balaban J connectivity index is 1.96. The zero-order valence-corrected chi connectivity index (χ0v) is 11.8. The summed E-state index contributed by atoms with van der Waals surface area (Å²) in [6, 6.07) is 7.76. The van der Waals surface area contributed by atoms with Crippen LogP contribution in [0.5, 0.6) is 0 Å². The average Bonchev–Trinajstić information content (AvgIpc) is 3.19. The number of benzene rings is 1. The summed E-state index contributed by atoms with van der Waals surface area (Å²) in [5, 5.41) is 2.21. The molecule has 0 aliphatic heterocycles. The molecule has 19 heavy (non-hydrogen) atoms. The number of rotatable bonds is 6. The summed E-state index contributed by atoms with van der Waals surface area (Å²) in [5.41, 5.74) is 1.01. The van der Waals surface area contributed by atoms with Gasteiger partial charge in [-0.15, -0.1) is 0 Å². The monoisotopic (exact) mass is 279 g/mol. The van der Waals surface area contributed by atoms with Gasteiger partial charge in [-0.2, -0.15) is 0 Å². The normalized spacial score (nSPS) is 15.9. The molecule has 1 saturated carbocycles. The van der Waals surface area contributed by atoms with E-state index in [1.54, 1.807) is 0 Å². The summed E-state index contributed by atoms with van der Waals surface area (Å²) in [6.07, 6.45) is 4.48. The molecule has 1 aliphatic carbocycles. The molecule has 4 heteroatoms. The van der Waals surface area contributed by atoms with Gasteiger partial charge in [0, 0.05) is 5.69 Å². The van der Waals surface area contributed by atoms with Crippen LogP contribution in [0.3, 0.4) is 0 Å². The number of nitrogens with one attached hydrogen (secondary N) is 1.